The molecular weight excluding hydrogens is 204 g/mol. The standard InChI is InChI=1S/C13H20OS/c1-6-13(2,3)10-7-8-11(14-4)12(9-10)15-5/h7-9H,6H2,1-5H3. The molecule has 1 aromatic carbocycles. The first-order valence-electron chi connectivity index (χ1n) is 5.27. The van der Waals surface area contributed by atoms with E-state index in [4.69, 9.17) is 4.74 Å². The summed E-state index contributed by atoms with van der Waals surface area (Å²) in [6.07, 6.45) is 3.23. The first-order valence-corrected chi connectivity index (χ1v) is 6.50. The van der Waals surface area contributed by atoms with E-state index in [1.807, 2.05) is 0 Å². The lowest BCUT2D eigenvalue weighted by atomic mass is 9.82. The van der Waals surface area contributed by atoms with Gasteiger partial charge in [-0.1, -0.05) is 26.8 Å². The Morgan fingerprint density at radius 1 is 1.33 bits per heavy atom. The quantitative estimate of drug-likeness (QED) is 0.712. The molecule has 0 saturated carbocycles. The van der Waals surface area contributed by atoms with Crippen molar-refractivity contribution in [3.8, 4) is 5.75 Å². The van der Waals surface area contributed by atoms with Crippen LogP contribution in [0.4, 0.5) is 0 Å². The zero-order valence-corrected chi connectivity index (χ0v) is 11.1. The highest BCUT2D eigenvalue weighted by Crippen LogP contribution is 2.34. The maximum absolute atomic E-state index is 5.32. The largest absolute Gasteiger partial charge is 0.496 e. The molecule has 0 bridgehead atoms. The molecule has 0 saturated heterocycles. The molecule has 0 spiro atoms. The van der Waals surface area contributed by atoms with E-state index in [9.17, 15) is 0 Å². The number of rotatable bonds is 4. The normalized spacial score (nSPS) is 11.5. The Kier molecular flexibility index (Phi) is 4.09. The Balaban J connectivity index is 3.13. The van der Waals surface area contributed by atoms with Crippen molar-refractivity contribution in [2.24, 2.45) is 0 Å². The molecule has 0 radical (unpaired) electrons. The van der Waals surface area contributed by atoms with E-state index in [2.05, 4.69) is 45.2 Å². The van der Waals surface area contributed by atoms with Gasteiger partial charge in [0.1, 0.15) is 5.75 Å². The van der Waals surface area contributed by atoms with Crippen molar-refractivity contribution in [1.82, 2.24) is 0 Å². The third-order valence-corrected chi connectivity index (χ3v) is 3.81. The highest BCUT2D eigenvalue weighted by molar-refractivity contribution is 7.98. The monoisotopic (exact) mass is 224 g/mol. The third-order valence-electron chi connectivity index (χ3n) is 3.05. The molecule has 2 heteroatoms. The molecule has 0 amide bonds. The third kappa shape index (κ3) is 2.69. The Hall–Kier alpha value is -0.630. The van der Waals surface area contributed by atoms with E-state index in [0.29, 0.717) is 0 Å². The van der Waals surface area contributed by atoms with Gasteiger partial charge in [0.15, 0.2) is 0 Å². The predicted octanol–water partition coefficient (Wildman–Crippen LogP) is 4.10. The van der Waals surface area contributed by atoms with Crippen LogP contribution in [0.5, 0.6) is 5.75 Å². The lowest BCUT2D eigenvalue weighted by molar-refractivity contribution is 0.403. The summed E-state index contributed by atoms with van der Waals surface area (Å²) in [4.78, 5) is 1.22. The zero-order chi connectivity index (χ0) is 11.5. The minimum absolute atomic E-state index is 0.247. The van der Waals surface area contributed by atoms with Gasteiger partial charge >= 0.3 is 0 Å². The highest BCUT2D eigenvalue weighted by Gasteiger charge is 2.19. The van der Waals surface area contributed by atoms with Crippen LogP contribution in [-0.4, -0.2) is 13.4 Å². The van der Waals surface area contributed by atoms with Crippen LogP contribution in [0.15, 0.2) is 23.1 Å². The lowest BCUT2D eigenvalue weighted by Crippen LogP contribution is -2.15. The van der Waals surface area contributed by atoms with Crippen LogP contribution in [0.25, 0.3) is 0 Å². The molecule has 1 rings (SSSR count). The lowest BCUT2D eigenvalue weighted by Gasteiger charge is -2.24. The van der Waals surface area contributed by atoms with Gasteiger partial charge in [0, 0.05) is 4.90 Å². The van der Waals surface area contributed by atoms with Gasteiger partial charge < -0.3 is 4.74 Å². The van der Waals surface area contributed by atoms with E-state index >= 15 is 0 Å². The Morgan fingerprint density at radius 3 is 2.47 bits per heavy atom. The maximum atomic E-state index is 5.32. The first-order chi connectivity index (χ1) is 7.05. The molecule has 0 heterocycles. The van der Waals surface area contributed by atoms with Gasteiger partial charge in [-0.3, -0.25) is 0 Å². The van der Waals surface area contributed by atoms with Crippen molar-refractivity contribution < 1.29 is 4.74 Å². The molecular formula is C13H20OS. The molecule has 0 aliphatic rings. The summed E-state index contributed by atoms with van der Waals surface area (Å²) in [5, 5.41) is 0. The van der Waals surface area contributed by atoms with Gasteiger partial charge in [0.25, 0.3) is 0 Å². The van der Waals surface area contributed by atoms with Crippen molar-refractivity contribution in [2.45, 2.75) is 37.5 Å². The van der Waals surface area contributed by atoms with Gasteiger partial charge in [-0.05, 0) is 35.8 Å². The van der Waals surface area contributed by atoms with Gasteiger partial charge in [-0.2, -0.15) is 0 Å². The van der Waals surface area contributed by atoms with Crippen molar-refractivity contribution >= 4 is 11.8 Å². The number of benzene rings is 1. The fraction of sp³-hybridized carbons (Fsp3) is 0.538. The molecule has 0 fully saturated rings. The number of ether oxygens (including phenoxy) is 1. The van der Waals surface area contributed by atoms with E-state index in [0.717, 1.165) is 12.2 Å². The van der Waals surface area contributed by atoms with E-state index < -0.39 is 0 Å². The van der Waals surface area contributed by atoms with Crippen LogP contribution in [0, 0.1) is 0 Å². The Labute approximate surface area is 97.2 Å². The highest BCUT2D eigenvalue weighted by atomic mass is 32.2. The molecule has 0 aliphatic heterocycles. The summed E-state index contributed by atoms with van der Waals surface area (Å²) in [6.45, 7) is 6.78. The molecule has 0 N–H and O–H groups in total. The second kappa shape index (κ2) is 4.93. The first kappa shape index (κ1) is 12.4. The van der Waals surface area contributed by atoms with E-state index in [1.54, 1.807) is 18.9 Å². The molecule has 0 atom stereocenters. The fourth-order valence-electron chi connectivity index (χ4n) is 1.46. The topological polar surface area (TPSA) is 9.23 Å². The van der Waals surface area contributed by atoms with Crippen LogP contribution in [0.3, 0.4) is 0 Å². The summed E-state index contributed by atoms with van der Waals surface area (Å²) in [6, 6.07) is 6.48. The van der Waals surface area contributed by atoms with Crippen LogP contribution in [-0.2, 0) is 5.41 Å². The summed E-state index contributed by atoms with van der Waals surface area (Å²) in [5.41, 5.74) is 1.63. The molecule has 0 aromatic heterocycles. The Bertz CT molecular complexity index is 331. The van der Waals surface area contributed by atoms with Crippen LogP contribution in [0.1, 0.15) is 32.8 Å². The van der Waals surface area contributed by atoms with Crippen LogP contribution >= 0.6 is 11.8 Å². The molecule has 0 aliphatic carbocycles. The van der Waals surface area contributed by atoms with Gasteiger partial charge in [0.05, 0.1) is 7.11 Å². The number of hydrogen-bond acceptors (Lipinski definition) is 2. The maximum Gasteiger partial charge on any atom is 0.132 e. The minimum Gasteiger partial charge on any atom is -0.496 e. The zero-order valence-electron chi connectivity index (χ0n) is 10.3. The van der Waals surface area contributed by atoms with Crippen molar-refractivity contribution in [1.29, 1.82) is 0 Å². The average molecular weight is 224 g/mol. The molecule has 15 heavy (non-hydrogen) atoms. The summed E-state index contributed by atoms with van der Waals surface area (Å²) in [5.74, 6) is 0.971. The Morgan fingerprint density at radius 2 is 2.00 bits per heavy atom. The van der Waals surface area contributed by atoms with Gasteiger partial charge in [0.2, 0.25) is 0 Å². The van der Waals surface area contributed by atoms with Crippen molar-refractivity contribution in [3.05, 3.63) is 23.8 Å². The van der Waals surface area contributed by atoms with Crippen LogP contribution in [0.2, 0.25) is 0 Å². The van der Waals surface area contributed by atoms with Crippen molar-refractivity contribution in [3.63, 3.8) is 0 Å². The average Bonchev–Trinajstić information content (AvgIpc) is 2.28. The number of thioether (sulfide) groups is 1. The summed E-state index contributed by atoms with van der Waals surface area (Å²) in [7, 11) is 1.72. The van der Waals surface area contributed by atoms with E-state index in [-0.39, 0.29) is 5.41 Å². The fourth-order valence-corrected chi connectivity index (χ4v) is 2.06. The van der Waals surface area contributed by atoms with Crippen molar-refractivity contribution in [2.75, 3.05) is 13.4 Å². The molecule has 1 nitrogen and oxygen atoms in total. The molecule has 0 unspecified atom stereocenters. The summed E-state index contributed by atoms with van der Waals surface area (Å²) >= 11 is 1.74. The molecule has 84 valence electrons. The second-order valence-electron chi connectivity index (χ2n) is 4.31. The number of methoxy groups -OCH3 is 1. The predicted molar refractivity (Wildman–Crippen MR) is 68.1 cm³/mol. The van der Waals surface area contributed by atoms with Crippen LogP contribution < -0.4 is 4.74 Å². The summed E-state index contributed by atoms with van der Waals surface area (Å²) < 4.78 is 5.32. The smallest absolute Gasteiger partial charge is 0.132 e. The number of hydrogen-bond donors (Lipinski definition) is 0. The van der Waals surface area contributed by atoms with Gasteiger partial charge in [-0.15, -0.1) is 11.8 Å². The SMILES string of the molecule is CCC(C)(C)c1ccc(OC)c(SC)c1. The van der Waals surface area contributed by atoms with E-state index in [1.165, 1.54) is 10.5 Å². The minimum atomic E-state index is 0.247. The van der Waals surface area contributed by atoms with Gasteiger partial charge in [-0.25, -0.2) is 0 Å². The second-order valence-corrected chi connectivity index (χ2v) is 5.16. The molecule has 1 aromatic rings.